The lowest BCUT2D eigenvalue weighted by Gasteiger charge is -2.36. The molecule has 1 unspecified atom stereocenters. The second-order valence-electron chi connectivity index (χ2n) is 8.03. The van der Waals surface area contributed by atoms with Crippen molar-refractivity contribution in [2.75, 3.05) is 0 Å². The van der Waals surface area contributed by atoms with Gasteiger partial charge in [0, 0.05) is 40.9 Å². The van der Waals surface area contributed by atoms with Crippen LogP contribution in [-0.4, -0.2) is 41.5 Å². The largest absolute Gasteiger partial charge is 0.507 e. The van der Waals surface area contributed by atoms with Gasteiger partial charge in [-0.15, -0.1) is 11.8 Å². The van der Waals surface area contributed by atoms with E-state index in [9.17, 15) is 5.11 Å². The van der Waals surface area contributed by atoms with Crippen molar-refractivity contribution in [2.45, 2.75) is 54.5 Å². The Morgan fingerprint density at radius 2 is 2.21 bits per heavy atom. The summed E-state index contributed by atoms with van der Waals surface area (Å²) in [4.78, 5) is 13.2. The minimum absolute atomic E-state index is 0.184. The Kier molecular flexibility index (Phi) is 4.36. The van der Waals surface area contributed by atoms with Gasteiger partial charge in [0.05, 0.1) is 30.1 Å². The number of nitrogens with zero attached hydrogens (tertiary/aromatic N) is 4. The van der Waals surface area contributed by atoms with Crippen molar-refractivity contribution in [3.8, 4) is 22.7 Å². The van der Waals surface area contributed by atoms with Gasteiger partial charge in [0.1, 0.15) is 10.8 Å². The first-order valence-corrected chi connectivity index (χ1v) is 10.5. The molecular formula is C21H23N5OS. The second-order valence-corrected chi connectivity index (χ2v) is 9.35. The Bertz CT molecular complexity index is 975. The number of rotatable bonds is 4. The zero-order chi connectivity index (χ0) is 19.1. The van der Waals surface area contributed by atoms with Gasteiger partial charge in [-0.25, -0.2) is 9.97 Å². The highest BCUT2D eigenvalue weighted by atomic mass is 32.2. The summed E-state index contributed by atoms with van der Waals surface area (Å²) in [5.41, 5.74) is 2.50. The Labute approximate surface area is 168 Å². The number of phenolic OH excluding ortho intramolecular Hbond substituents is 1. The standard InChI is InChI=1S/C21H23N5OS/c1-21-5-4-14(25-21)8-16(10-21)28-20-12-23-18(11-24-20)17-3-2-15(9-19(17)27)26-7-6-22-13-26/h2-3,6-7,9,11-14,16,25,27H,4-5,8,10H2,1H3/t14?,16-,21+/m1/s1. The molecule has 4 heterocycles. The molecule has 2 N–H and O–H groups in total. The topological polar surface area (TPSA) is 75.9 Å². The smallest absolute Gasteiger partial charge is 0.127 e. The lowest BCUT2D eigenvalue weighted by molar-refractivity contribution is 0.307. The van der Waals surface area contributed by atoms with Gasteiger partial charge in [-0.3, -0.25) is 4.98 Å². The highest BCUT2D eigenvalue weighted by molar-refractivity contribution is 7.99. The van der Waals surface area contributed by atoms with E-state index in [0.717, 1.165) is 10.7 Å². The molecule has 144 valence electrons. The molecule has 6 nitrogen and oxygen atoms in total. The summed E-state index contributed by atoms with van der Waals surface area (Å²) in [5.74, 6) is 0.184. The number of hydrogen-bond acceptors (Lipinski definition) is 6. The van der Waals surface area contributed by atoms with Crippen LogP contribution < -0.4 is 5.32 Å². The lowest BCUT2D eigenvalue weighted by Crippen LogP contribution is -2.48. The van der Waals surface area contributed by atoms with E-state index in [1.807, 2.05) is 40.9 Å². The summed E-state index contributed by atoms with van der Waals surface area (Å²) in [6.45, 7) is 2.34. The van der Waals surface area contributed by atoms with Crippen LogP contribution in [-0.2, 0) is 0 Å². The maximum absolute atomic E-state index is 10.5. The third kappa shape index (κ3) is 3.40. The van der Waals surface area contributed by atoms with Crippen molar-refractivity contribution >= 4 is 11.8 Å². The van der Waals surface area contributed by atoms with Crippen LogP contribution in [0.2, 0.25) is 0 Å². The van der Waals surface area contributed by atoms with Crippen molar-refractivity contribution in [3.05, 3.63) is 49.3 Å². The van der Waals surface area contributed by atoms with E-state index in [-0.39, 0.29) is 11.3 Å². The first-order valence-electron chi connectivity index (χ1n) is 9.66. The van der Waals surface area contributed by atoms with Gasteiger partial charge >= 0.3 is 0 Å². The van der Waals surface area contributed by atoms with E-state index in [0.29, 0.717) is 22.5 Å². The van der Waals surface area contributed by atoms with Gasteiger partial charge < -0.3 is 15.0 Å². The van der Waals surface area contributed by atoms with Crippen LogP contribution in [0.3, 0.4) is 0 Å². The van der Waals surface area contributed by atoms with Crippen LogP contribution in [0.15, 0.2) is 54.3 Å². The molecule has 0 saturated carbocycles. The molecule has 3 atom stereocenters. The van der Waals surface area contributed by atoms with Gasteiger partial charge in [0.25, 0.3) is 0 Å². The number of phenols is 1. The highest BCUT2D eigenvalue weighted by Crippen LogP contribution is 2.42. The average molecular weight is 394 g/mol. The van der Waals surface area contributed by atoms with Gasteiger partial charge in [0.15, 0.2) is 0 Å². The molecule has 1 aromatic carbocycles. The number of fused-ring (bicyclic) bond motifs is 2. The molecule has 2 fully saturated rings. The number of nitrogens with one attached hydrogen (secondary N) is 1. The van der Waals surface area contributed by atoms with Crippen LogP contribution >= 0.6 is 11.8 Å². The van der Waals surface area contributed by atoms with Crippen molar-refractivity contribution in [2.24, 2.45) is 0 Å². The molecule has 28 heavy (non-hydrogen) atoms. The summed E-state index contributed by atoms with van der Waals surface area (Å²) in [6.07, 6.45) is 13.8. The van der Waals surface area contributed by atoms with Crippen molar-refractivity contribution in [1.82, 2.24) is 24.8 Å². The molecule has 2 aromatic heterocycles. The molecule has 0 spiro atoms. The zero-order valence-corrected chi connectivity index (χ0v) is 16.6. The molecule has 0 aliphatic carbocycles. The molecular weight excluding hydrogens is 370 g/mol. The van der Waals surface area contributed by atoms with E-state index in [4.69, 9.17) is 0 Å². The van der Waals surface area contributed by atoms with Crippen LogP contribution in [0.25, 0.3) is 16.9 Å². The number of benzene rings is 1. The zero-order valence-electron chi connectivity index (χ0n) is 15.7. The Morgan fingerprint density at radius 3 is 2.93 bits per heavy atom. The van der Waals surface area contributed by atoms with E-state index >= 15 is 0 Å². The molecule has 2 aliphatic heterocycles. The van der Waals surface area contributed by atoms with Gasteiger partial charge in [-0.1, -0.05) is 0 Å². The third-order valence-corrected chi connectivity index (χ3v) is 6.94. The molecule has 0 radical (unpaired) electrons. The van der Waals surface area contributed by atoms with Crippen molar-refractivity contribution in [1.29, 1.82) is 0 Å². The molecule has 7 heteroatoms. The number of hydrogen-bond donors (Lipinski definition) is 2. The van der Waals surface area contributed by atoms with Crippen molar-refractivity contribution in [3.63, 3.8) is 0 Å². The Morgan fingerprint density at radius 1 is 1.29 bits per heavy atom. The first kappa shape index (κ1) is 17.7. The predicted octanol–water partition coefficient (Wildman–Crippen LogP) is 3.80. The number of piperidine rings is 1. The van der Waals surface area contributed by atoms with Crippen LogP contribution in [0.1, 0.15) is 32.6 Å². The second kappa shape index (κ2) is 6.90. The molecule has 5 rings (SSSR count). The highest BCUT2D eigenvalue weighted by Gasteiger charge is 2.42. The molecule has 2 bridgehead atoms. The summed E-state index contributed by atoms with van der Waals surface area (Å²) in [7, 11) is 0. The fourth-order valence-corrected chi connectivity index (χ4v) is 5.80. The van der Waals surface area contributed by atoms with E-state index in [1.54, 1.807) is 24.8 Å². The summed E-state index contributed by atoms with van der Waals surface area (Å²) in [6, 6.07) is 6.17. The van der Waals surface area contributed by atoms with E-state index in [2.05, 4.69) is 27.2 Å². The summed E-state index contributed by atoms with van der Waals surface area (Å²) >= 11 is 1.83. The lowest BCUT2D eigenvalue weighted by atomic mass is 9.93. The average Bonchev–Trinajstić information content (AvgIpc) is 3.30. The number of thioether (sulfide) groups is 1. The fourth-order valence-electron chi connectivity index (χ4n) is 4.46. The van der Waals surface area contributed by atoms with Gasteiger partial charge in [0.2, 0.25) is 0 Å². The first-order chi connectivity index (χ1) is 13.6. The quantitative estimate of drug-likeness (QED) is 0.702. The number of aromatic nitrogens is 4. The van der Waals surface area contributed by atoms with Crippen molar-refractivity contribution < 1.29 is 5.11 Å². The summed E-state index contributed by atoms with van der Waals surface area (Å²) < 4.78 is 1.85. The number of imidazole rings is 1. The Hall–Kier alpha value is -2.38. The monoisotopic (exact) mass is 393 g/mol. The molecule has 2 saturated heterocycles. The molecule has 3 aromatic rings. The van der Waals surface area contributed by atoms with Crippen LogP contribution in [0, 0.1) is 0 Å². The molecule has 2 aliphatic rings. The minimum Gasteiger partial charge on any atom is -0.507 e. The van der Waals surface area contributed by atoms with Gasteiger partial charge in [-0.05, 0) is 44.7 Å². The van der Waals surface area contributed by atoms with E-state index in [1.165, 1.54) is 25.7 Å². The fraction of sp³-hybridized carbons (Fsp3) is 0.381. The number of aromatic hydroxyl groups is 1. The Balaban J connectivity index is 1.31. The summed E-state index contributed by atoms with van der Waals surface area (Å²) in [5, 5.41) is 15.7. The normalized spacial score (nSPS) is 26.5. The maximum Gasteiger partial charge on any atom is 0.127 e. The van der Waals surface area contributed by atoms with E-state index < -0.39 is 0 Å². The maximum atomic E-state index is 10.5. The predicted molar refractivity (Wildman–Crippen MR) is 110 cm³/mol. The SMILES string of the molecule is C[C@]12CCC(C[C@@H](Sc3cnc(-c4ccc(-n5ccnc5)cc4O)cn3)C1)N2. The van der Waals surface area contributed by atoms with Gasteiger partial charge in [-0.2, -0.15) is 0 Å². The minimum atomic E-state index is 0.184. The third-order valence-electron chi connectivity index (χ3n) is 5.80. The van der Waals surface area contributed by atoms with Crippen LogP contribution in [0.5, 0.6) is 5.75 Å². The molecule has 0 amide bonds. The van der Waals surface area contributed by atoms with Crippen LogP contribution in [0.4, 0.5) is 0 Å².